The van der Waals surface area contributed by atoms with E-state index in [9.17, 15) is 9.59 Å². The van der Waals surface area contributed by atoms with Crippen molar-refractivity contribution in [2.75, 3.05) is 5.32 Å². The predicted molar refractivity (Wildman–Crippen MR) is 79.1 cm³/mol. The number of amides is 2. The van der Waals surface area contributed by atoms with Crippen LogP contribution in [0, 0.1) is 6.92 Å². The van der Waals surface area contributed by atoms with Gasteiger partial charge in [-0.1, -0.05) is 17.7 Å². The SMILES string of the molecule is Cc1ccc(C(=O)Nc2ccc(C(N)=O)cc2)c(Cl)c1. The third kappa shape index (κ3) is 3.16. The molecule has 20 heavy (non-hydrogen) atoms. The zero-order valence-corrected chi connectivity index (χ0v) is 11.6. The molecule has 0 unspecified atom stereocenters. The van der Waals surface area contributed by atoms with Crippen molar-refractivity contribution in [1.82, 2.24) is 0 Å². The summed E-state index contributed by atoms with van der Waals surface area (Å²) in [4.78, 5) is 23.0. The molecule has 2 amide bonds. The average molecular weight is 289 g/mol. The molecule has 0 aromatic heterocycles. The highest BCUT2D eigenvalue weighted by Crippen LogP contribution is 2.19. The van der Waals surface area contributed by atoms with Crippen molar-refractivity contribution >= 4 is 29.1 Å². The Morgan fingerprint density at radius 1 is 1.10 bits per heavy atom. The van der Waals surface area contributed by atoms with Gasteiger partial charge >= 0.3 is 0 Å². The Hall–Kier alpha value is -2.33. The van der Waals surface area contributed by atoms with Gasteiger partial charge in [0.05, 0.1) is 10.6 Å². The van der Waals surface area contributed by atoms with E-state index < -0.39 is 5.91 Å². The van der Waals surface area contributed by atoms with Crippen LogP contribution in [-0.2, 0) is 0 Å². The molecule has 5 heteroatoms. The molecule has 3 N–H and O–H groups in total. The largest absolute Gasteiger partial charge is 0.366 e. The molecule has 0 saturated heterocycles. The lowest BCUT2D eigenvalue weighted by Gasteiger charge is -2.07. The first kappa shape index (κ1) is 14.1. The van der Waals surface area contributed by atoms with Crippen molar-refractivity contribution in [3.8, 4) is 0 Å². The van der Waals surface area contributed by atoms with Gasteiger partial charge in [-0.05, 0) is 48.9 Å². The number of nitrogens with one attached hydrogen (secondary N) is 1. The van der Waals surface area contributed by atoms with Gasteiger partial charge in [0.15, 0.2) is 0 Å². The Morgan fingerprint density at radius 2 is 1.75 bits per heavy atom. The minimum atomic E-state index is -0.510. The van der Waals surface area contributed by atoms with Crippen LogP contribution in [0.25, 0.3) is 0 Å². The number of rotatable bonds is 3. The Morgan fingerprint density at radius 3 is 2.30 bits per heavy atom. The third-order valence-electron chi connectivity index (χ3n) is 2.80. The number of nitrogens with two attached hydrogens (primary N) is 1. The molecule has 0 aliphatic rings. The van der Waals surface area contributed by atoms with Gasteiger partial charge in [0, 0.05) is 11.3 Å². The predicted octanol–water partition coefficient (Wildman–Crippen LogP) is 3.00. The molecular formula is C15H13ClN2O2. The van der Waals surface area contributed by atoms with Gasteiger partial charge in [0.25, 0.3) is 5.91 Å². The van der Waals surface area contributed by atoms with Gasteiger partial charge in [0.1, 0.15) is 0 Å². The summed E-state index contributed by atoms with van der Waals surface area (Å²) in [5.74, 6) is -0.814. The molecule has 0 bridgehead atoms. The molecule has 102 valence electrons. The van der Waals surface area contributed by atoms with Crippen LogP contribution in [-0.4, -0.2) is 11.8 Å². The van der Waals surface area contributed by atoms with E-state index in [1.165, 1.54) is 0 Å². The van der Waals surface area contributed by atoms with Crippen molar-refractivity contribution in [1.29, 1.82) is 0 Å². The molecule has 0 atom stereocenters. The minimum absolute atomic E-state index is 0.304. The second-order valence-electron chi connectivity index (χ2n) is 4.38. The number of anilines is 1. The van der Waals surface area contributed by atoms with E-state index in [1.807, 2.05) is 13.0 Å². The van der Waals surface area contributed by atoms with E-state index in [0.717, 1.165) is 5.56 Å². The van der Waals surface area contributed by atoms with Crippen LogP contribution < -0.4 is 11.1 Å². The quantitative estimate of drug-likeness (QED) is 0.911. The summed E-state index contributed by atoms with van der Waals surface area (Å²) in [5, 5.41) is 3.11. The summed E-state index contributed by atoms with van der Waals surface area (Å²) in [6.45, 7) is 1.90. The number of hydrogen-bond acceptors (Lipinski definition) is 2. The van der Waals surface area contributed by atoms with Crippen LogP contribution in [0.1, 0.15) is 26.3 Å². The van der Waals surface area contributed by atoms with Gasteiger partial charge in [0.2, 0.25) is 5.91 Å². The van der Waals surface area contributed by atoms with Crippen molar-refractivity contribution in [2.24, 2.45) is 5.73 Å². The fourth-order valence-corrected chi connectivity index (χ4v) is 2.04. The Balaban J connectivity index is 2.17. The van der Waals surface area contributed by atoms with Gasteiger partial charge in [-0.15, -0.1) is 0 Å². The summed E-state index contributed by atoms with van der Waals surface area (Å²) in [6.07, 6.45) is 0. The molecule has 2 aromatic carbocycles. The zero-order valence-electron chi connectivity index (χ0n) is 10.8. The first-order chi connectivity index (χ1) is 9.47. The molecule has 2 rings (SSSR count). The zero-order chi connectivity index (χ0) is 14.7. The highest BCUT2D eigenvalue weighted by atomic mass is 35.5. The topological polar surface area (TPSA) is 72.2 Å². The second-order valence-corrected chi connectivity index (χ2v) is 4.79. The summed E-state index contributed by atoms with van der Waals surface area (Å²) >= 11 is 6.04. The Labute approximate surface area is 121 Å². The maximum atomic E-state index is 12.1. The molecule has 0 fully saturated rings. The number of hydrogen-bond donors (Lipinski definition) is 2. The maximum absolute atomic E-state index is 12.1. The summed E-state index contributed by atoms with van der Waals surface area (Å²) < 4.78 is 0. The van der Waals surface area contributed by atoms with Crippen LogP contribution in [0.4, 0.5) is 5.69 Å². The van der Waals surface area contributed by atoms with Gasteiger partial charge in [-0.3, -0.25) is 9.59 Å². The van der Waals surface area contributed by atoms with Gasteiger partial charge in [-0.25, -0.2) is 0 Å². The molecule has 0 saturated carbocycles. The van der Waals surface area contributed by atoms with Gasteiger partial charge in [-0.2, -0.15) is 0 Å². The number of benzene rings is 2. The molecular weight excluding hydrogens is 276 g/mol. The lowest BCUT2D eigenvalue weighted by atomic mass is 10.1. The maximum Gasteiger partial charge on any atom is 0.257 e. The normalized spacial score (nSPS) is 10.1. The van der Waals surface area contributed by atoms with Crippen LogP contribution in [0.15, 0.2) is 42.5 Å². The minimum Gasteiger partial charge on any atom is -0.366 e. The van der Waals surface area contributed by atoms with Crippen molar-refractivity contribution in [3.05, 3.63) is 64.2 Å². The van der Waals surface area contributed by atoms with E-state index in [1.54, 1.807) is 36.4 Å². The van der Waals surface area contributed by atoms with E-state index >= 15 is 0 Å². The Kier molecular flexibility index (Phi) is 4.05. The molecule has 0 aliphatic heterocycles. The van der Waals surface area contributed by atoms with Crippen LogP contribution in [0.3, 0.4) is 0 Å². The number of halogens is 1. The summed E-state index contributed by atoms with van der Waals surface area (Å²) in [5.41, 5.74) is 7.48. The average Bonchev–Trinajstić information content (AvgIpc) is 2.39. The fraction of sp³-hybridized carbons (Fsp3) is 0.0667. The number of primary amides is 1. The summed E-state index contributed by atoms with van der Waals surface area (Å²) in [7, 11) is 0. The summed E-state index contributed by atoms with van der Waals surface area (Å²) in [6, 6.07) is 11.5. The van der Waals surface area contributed by atoms with E-state index in [-0.39, 0.29) is 5.91 Å². The van der Waals surface area contributed by atoms with Gasteiger partial charge < -0.3 is 11.1 Å². The van der Waals surface area contributed by atoms with Crippen molar-refractivity contribution in [3.63, 3.8) is 0 Å². The van der Waals surface area contributed by atoms with Crippen molar-refractivity contribution in [2.45, 2.75) is 6.92 Å². The number of carbonyl (C=O) groups excluding carboxylic acids is 2. The molecule has 2 aromatic rings. The highest BCUT2D eigenvalue weighted by molar-refractivity contribution is 6.34. The Bertz CT molecular complexity index is 666. The lowest BCUT2D eigenvalue weighted by molar-refractivity contribution is 0.0998. The molecule has 0 spiro atoms. The lowest BCUT2D eigenvalue weighted by Crippen LogP contribution is -2.13. The second kappa shape index (κ2) is 5.75. The van der Waals surface area contributed by atoms with Crippen molar-refractivity contribution < 1.29 is 9.59 Å². The fourth-order valence-electron chi connectivity index (χ4n) is 1.72. The molecule has 4 nitrogen and oxygen atoms in total. The monoisotopic (exact) mass is 288 g/mol. The standard InChI is InChI=1S/C15H13ClN2O2/c1-9-2-7-12(13(16)8-9)15(20)18-11-5-3-10(4-6-11)14(17)19/h2-8H,1H3,(H2,17,19)(H,18,20). The van der Waals surface area contributed by atoms with Crippen LogP contribution in [0.2, 0.25) is 5.02 Å². The molecule has 0 heterocycles. The van der Waals surface area contributed by atoms with E-state index in [2.05, 4.69) is 5.32 Å². The molecule has 0 aliphatic carbocycles. The number of aryl methyl sites for hydroxylation is 1. The van der Waals surface area contributed by atoms with Crippen LogP contribution >= 0.6 is 11.6 Å². The van der Waals surface area contributed by atoms with Crippen LogP contribution in [0.5, 0.6) is 0 Å². The highest BCUT2D eigenvalue weighted by Gasteiger charge is 2.10. The number of carbonyl (C=O) groups is 2. The van der Waals surface area contributed by atoms with E-state index in [4.69, 9.17) is 17.3 Å². The smallest absolute Gasteiger partial charge is 0.257 e. The van der Waals surface area contributed by atoms with E-state index in [0.29, 0.717) is 21.8 Å². The first-order valence-corrected chi connectivity index (χ1v) is 6.32. The first-order valence-electron chi connectivity index (χ1n) is 5.95. The third-order valence-corrected chi connectivity index (χ3v) is 3.11. The molecule has 0 radical (unpaired) electrons.